The van der Waals surface area contributed by atoms with E-state index in [1.165, 1.54) is 21.8 Å². The minimum Gasteiger partial charge on any atom is -0.382 e. The van der Waals surface area contributed by atoms with Gasteiger partial charge in [0.2, 0.25) is 5.78 Å². The van der Waals surface area contributed by atoms with Crippen LogP contribution in [0.5, 0.6) is 0 Å². The second kappa shape index (κ2) is 6.11. The molecule has 2 aromatic heterocycles. The average Bonchev–Trinajstić information content (AvgIpc) is 3.05. The summed E-state index contributed by atoms with van der Waals surface area (Å²) < 4.78 is 1.78. The fourth-order valence-electron chi connectivity index (χ4n) is 2.37. The van der Waals surface area contributed by atoms with Gasteiger partial charge in [-0.2, -0.15) is 5.26 Å². The molecule has 0 spiro atoms. The van der Waals surface area contributed by atoms with Crippen molar-refractivity contribution < 1.29 is 4.79 Å². The van der Waals surface area contributed by atoms with E-state index in [1.807, 2.05) is 6.07 Å². The van der Waals surface area contributed by atoms with E-state index >= 15 is 0 Å². The Morgan fingerprint density at radius 3 is 2.58 bits per heavy atom. The molecule has 0 atom stereocenters. The predicted octanol–water partition coefficient (Wildman–Crippen LogP) is 2.14. The van der Waals surface area contributed by atoms with Crippen LogP contribution in [0.25, 0.3) is 11.0 Å². The highest BCUT2D eigenvalue weighted by Crippen LogP contribution is 2.20. The van der Waals surface area contributed by atoms with Gasteiger partial charge in [-0.05, 0) is 30.3 Å². The highest BCUT2D eigenvalue weighted by Gasteiger charge is 2.21. The zero-order chi connectivity index (χ0) is 17.4. The maximum atomic E-state index is 12.8. The van der Waals surface area contributed by atoms with E-state index in [4.69, 9.17) is 11.6 Å². The van der Waals surface area contributed by atoms with Crippen LogP contribution in [0.2, 0.25) is 5.02 Å². The summed E-state index contributed by atoms with van der Waals surface area (Å²) in [6, 6.07) is 9.93. The molecular weight excluding hydrogens is 346 g/mol. The van der Waals surface area contributed by atoms with Crippen molar-refractivity contribution in [3.05, 3.63) is 67.1 Å². The van der Waals surface area contributed by atoms with E-state index in [9.17, 15) is 14.9 Å². The van der Waals surface area contributed by atoms with E-state index in [0.717, 1.165) is 0 Å². The summed E-state index contributed by atoms with van der Waals surface area (Å²) in [7, 11) is 3.61. The van der Waals surface area contributed by atoms with Crippen molar-refractivity contribution in [3.8, 4) is 6.07 Å². The van der Waals surface area contributed by atoms with Gasteiger partial charge in [0.25, 0.3) is 5.56 Å². The second-order valence-electron chi connectivity index (χ2n) is 5.40. The first-order valence-electron chi connectivity index (χ1n) is 6.99. The van der Waals surface area contributed by atoms with E-state index in [2.05, 4.69) is 0 Å². The molecule has 0 saturated heterocycles. The van der Waals surface area contributed by atoms with Crippen molar-refractivity contribution >= 4 is 39.8 Å². The van der Waals surface area contributed by atoms with Gasteiger partial charge in [0.1, 0.15) is 15.4 Å². The van der Waals surface area contributed by atoms with Crippen molar-refractivity contribution in [3.63, 3.8) is 0 Å². The number of aromatic nitrogens is 1. The number of nitrogens with zero attached hydrogens (tertiary/aromatic N) is 3. The third kappa shape index (κ3) is 2.68. The van der Waals surface area contributed by atoms with Crippen molar-refractivity contribution in [2.24, 2.45) is 0 Å². The number of hydrogen-bond acceptors (Lipinski definition) is 5. The molecule has 0 aliphatic heterocycles. The number of halogens is 1. The summed E-state index contributed by atoms with van der Waals surface area (Å²) in [5.41, 5.74) is 0.603. The van der Waals surface area contributed by atoms with Crippen molar-refractivity contribution in [1.82, 2.24) is 9.30 Å². The molecule has 3 aromatic rings. The van der Waals surface area contributed by atoms with Crippen LogP contribution in [0.1, 0.15) is 21.6 Å². The number of rotatable bonds is 3. The maximum absolute atomic E-state index is 12.8. The third-order valence-corrected chi connectivity index (χ3v) is 4.76. The molecule has 0 aliphatic rings. The summed E-state index contributed by atoms with van der Waals surface area (Å²) >= 11 is 7.04. The van der Waals surface area contributed by atoms with Crippen LogP contribution in [0.3, 0.4) is 0 Å². The number of hydrogen-bond donors (Lipinski definition) is 0. The number of carbonyl (C=O) groups is 1. The lowest BCUT2D eigenvalue weighted by Crippen LogP contribution is -2.27. The lowest BCUT2D eigenvalue weighted by Gasteiger charge is -2.01. The Morgan fingerprint density at radius 2 is 2.00 bits per heavy atom. The van der Waals surface area contributed by atoms with Crippen molar-refractivity contribution in [2.75, 3.05) is 14.1 Å². The Kier molecular flexibility index (Phi) is 4.14. The number of thiazole rings is 1. The molecule has 0 unspecified atom stereocenters. The molecule has 0 saturated carbocycles. The molecule has 0 radical (unpaired) electrons. The Labute approximate surface area is 146 Å². The quantitative estimate of drug-likeness (QED) is 0.674. The summed E-state index contributed by atoms with van der Waals surface area (Å²) in [6.45, 7) is 0. The minimum atomic E-state index is -0.325. The molecule has 3 rings (SSSR count). The smallest absolute Gasteiger partial charge is 0.275 e. The van der Waals surface area contributed by atoms with Crippen LogP contribution in [0.4, 0.5) is 0 Å². The van der Waals surface area contributed by atoms with E-state index in [0.29, 0.717) is 25.5 Å². The van der Waals surface area contributed by atoms with Crippen molar-refractivity contribution in [2.45, 2.75) is 0 Å². The Balaban J connectivity index is 2.27. The molecule has 1 aromatic carbocycles. The monoisotopic (exact) mass is 357 g/mol. The van der Waals surface area contributed by atoms with Gasteiger partial charge in [-0.3, -0.25) is 14.0 Å². The van der Waals surface area contributed by atoms with Crippen LogP contribution >= 0.6 is 22.9 Å². The first kappa shape index (κ1) is 16.2. The SMILES string of the molecule is CN(C)C=c1sc2c(C#N)cc(C(=O)c3ccc(Cl)cc3)n2c1=O. The normalized spacial score (nSPS) is 11.7. The van der Waals surface area contributed by atoms with Crippen LogP contribution in [-0.2, 0) is 0 Å². The molecule has 0 fully saturated rings. The van der Waals surface area contributed by atoms with Gasteiger partial charge in [0, 0.05) is 30.9 Å². The lowest BCUT2D eigenvalue weighted by atomic mass is 10.1. The van der Waals surface area contributed by atoms with Crippen LogP contribution < -0.4 is 10.1 Å². The molecule has 0 bridgehead atoms. The number of ketones is 1. The molecule has 5 nitrogen and oxygen atoms in total. The largest absolute Gasteiger partial charge is 0.382 e. The standard InChI is InChI=1S/C17H12ClN3O2S/c1-20(2)9-14-16(23)21-13(7-11(8-19)17(21)24-14)15(22)10-3-5-12(18)6-4-10/h3-7,9H,1-2H3. The van der Waals surface area contributed by atoms with Crippen LogP contribution in [0.15, 0.2) is 35.1 Å². The molecule has 24 heavy (non-hydrogen) atoms. The average molecular weight is 358 g/mol. The Hall–Kier alpha value is -2.62. The Bertz CT molecular complexity index is 1090. The van der Waals surface area contributed by atoms with E-state index in [1.54, 1.807) is 49.5 Å². The zero-order valence-electron chi connectivity index (χ0n) is 12.9. The topological polar surface area (TPSA) is 65.6 Å². The highest BCUT2D eigenvalue weighted by atomic mass is 35.5. The van der Waals surface area contributed by atoms with Gasteiger partial charge in [0.15, 0.2) is 0 Å². The summed E-state index contributed by atoms with van der Waals surface area (Å²) in [5.74, 6) is -0.325. The highest BCUT2D eigenvalue weighted by molar-refractivity contribution is 7.15. The molecule has 0 N–H and O–H groups in total. The second-order valence-corrected chi connectivity index (χ2v) is 6.86. The number of nitriles is 1. The first-order valence-corrected chi connectivity index (χ1v) is 8.18. The molecule has 120 valence electrons. The molecule has 7 heteroatoms. The number of carbonyl (C=O) groups excluding carboxylic acids is 1. The molecule has 2 heterocycles. The van der Waals surface area contributed by atoms with Gasteiger partial charge in [0.05, 0.1) is 11.3 Å². The first-order chi connectivity index (χ1) is 11.4. The summed E-state index contributed by atoms with van der Waals surface area (Å²) in [6.07, 6.45) is 1.68. The van der Waals surface area contributed by atoms with Crippen LogP contribution in [0, 0.1) is 11.3 Å². The lowest BCUT2D eigenvalue weighted by molar-refractivity contribution is 0.103. The minimum absolute atomic E-state index is 0.184. The van der Waals surface area contributed by atoms with E-state index < -0.39 is 0 Å². The summed E-state index contributed by atoms with van der Waals surface area (Å²) in [5, 5.41) is 9.83. The fraction of sp³-hybridized carbons (Fsp3) is 0.118. The number of benzene rings is 1. The zero-order valence-corrected chi connectivity index (χ0v) is 14.5. The van der Waals surface area contributed by atoms with Crippen LogP contribution in [-0.4, -0.2) is 29.2 Å². The van der Waals surface area contributed by atoms with Gasteiger partial charge < -0.3 is 4.90 Å². The molecule has 0 aliphatic carbocycles. The maximum Gasteiger partial charge on any atom is 0.275 e. The van der Waals surface area contributed by atoms with Gasteiger partial charge in [-0.1, -0.05) is 11.6 Å². The van der Waals surface area contributed by atoms with Gasteiger partial charge in [-0.25, -0.2) is 0 Å². The molecular formula is C17H12ClN3O2S. The van der Waals surface area contributed by atoms with Gasteiger partial charge >= 0.3 is 0 Å². The van der Waals surface area contributed by atoms with E-state index in [-0.39, 0.29) is 17.0 Å². The number of fused-ring (bicyclic) bond motifs is 1. The Morgan fingerprint density at radius 1 is 1.33 bits per heavy atom. The van der Waals surface area contributed by atoms with Gasteiger partial charge in [-0.15, -0.1) is 11.3 Å². The third-order valence-electron chi connectivity index (χ3n) is 3.41. The molecule has 0 amide bonds. The fourth-order valence-corrected chi connectivity index (χ4v) is 3.63. The van der Waals surface area contributed by atoms with Crippen molar-refractivity contribution in [1.29, 1.82) is 5.26 Å². The predicted molar refractivity (Wildman–Crippen MR) is 94.5 cm³/mol. The summed E-state index contributed by atoms with van der Waals surface area (Å²) in [4.78, 5) is 27.6.